The second kappa shape index (κ2) is 3.56. The Balaban J connectivity index is 2.57. The first-order valence-electron chi connectivity index (χ1n) is 4.57. The summed E-state index contributed by atoms with van der Waals surface area (Å²) < 4.78 is 0. The van der Waals surface area contributed by atoms with Crippen LogP contribution in [0.1, 0.15) is 20.8 Å². The molecular formula is C9H20N2S. The molecule has 1 heterocycles. The Morgan fingerprint density at radius 1 is 1.33 bits per heavy atom. The molecule has 0 aromatic carbocycles. The van der Waals surface area contributed by atoms with E-state index in [0.29, 0.717) is 10.9 Å². The number of likely N-dealkylation sites (N-methyl/N-ethyl adjacent to an activating group) is 1. The van der Waals surface area contributed by atoms with E-state index >= 15 is 0 Å². The van der Waals surface area contributed by atoms with Crippen LogP contribution in [0.2, 0.25) is 0 Å². The Bertz CT molecular complexity index is 157. The first-order valence-corrected chi connectivity index (χ1v) is 5.08. The van der Waals surface area contributed by atoms with Gasteiger partial charge in [-0.25, -0.2) is 0 Å². The predicted octanol–water partition coefficient (Wildman–Crippen LogP) is 1.29. The summed E-state index contributed by atoms with van der Waals surface area (Å²) in [5, 5.41) is 0.387. The van der Waals surface area contributed by atoms with Crippen LogP contribution in [-0.2, 0) is 0 Å². The molecule has 0 spiro atoms. The third kappa shape index (κ3) is 2.15. The van der Waals surface area contributed by atoms with Crippen LogP contribution in [0.15, 0.2) is 0 Å². The molecule has 1 saturated heterocycles. The number of hydrogen-bond acceptors (Lipinski definition) is 3. The molecule has 0 aromatic heterocycles. The number of piperazine rings is 1. The number of hydrogen-bond donors (Lipinski definition) is 1. The molecule has 1 atom stereocenters. The summed E-state index contributed by atoms with van der Waals surface area (Å²) in [5.41, 5.74) is 0.301. The average molecular weight is 188 g/mol. The molecule has 0 amide bonds. The van der Waals surface area contributed by atoms with Gasteiger partial charge in [-0.3, -0.25) is 9.80 Å². The van der Waals surface area contributed by atoms with Crippen LogP contribution >= 0.6 is 12.6 Å². The normalized spacial score (nSPS) is 28.8. The minimum Gasteiger partial charge on any atom is -0.299 e. The number of nitrogens with zero attached hydrogens (tertiary/aromatic N) is 2. The van der Waals surface area contributed by atoms with E-state index < -0.39 is 0 Å². The van der Waals surface area contributed by atoms with Crippen molar-refractivity contribution >= 4 is 12.6 Å². The van der Waals surface area contributed by atoms with Crippen molar-refractivity contribution in [2.75, 3.05) is 26.7 Å². The second-order valence-corrected chi connectivity index (χ2v) is 5.08. The zero-order valence-electron chi connectivity index (χ0n) is 8.54. The van der Waals surface area contributed by atoms with Crippen LogP contribution in [0.4, 0.5) is 0 Å². The van der Waals surface area contributed by atoms with Crippen LogP contribution in [-0.4, -0.2) is 47.4 Å². The lowest BCUT2D eigenvalue weighted by Crippen LogP contribution is -2.58. The molecule has 72 valence electrons. The van der Waals surface area contributed by atoms with Gasteiger partial charge in [-0.15, -0.1) is 0 Å². The van der Waals surface area contributed by atoms with Gasteiger partial charge in [-0.2, -0.15) is 12.6 Å². The lowest BCUT2D eigenvalue weighted by molar-refractivity contribution is 0.0374. The zero-order chi connectivity index (χ0) is 9.35. The molecule has 3 heteroatoms. The lowest BCUT2D eigenvalue weighted by Gasteiger charge is -2.46. The van der Waals surface area contributed by atoms with Gasteiger partial charge in [0.1, 0.15) is 0 Å². The Labute approximate surface area is 81.3 Å². The molecule has 2 nitrogen and oxygen atoms in total. The van der Waals surface area contributed by atoms with Crippen molar-refractivity contribution in [2.24, 2.45) is 0 Å². The van der Waals surface area contributed by atoms with Crippen molar-refractivity contribution in [3.8, 4) is 0 Å². The summed E-state index contributed by atoms with van der Waals surface area (Å²) in [6.07, 6.45) is 0. The molecule has 0 N–H and O–H groups in total. The molecule has 0 aliphatic carbocycles. The molecule has 1 fully saturated rings. The zero-order valence-corrected chi connectivity index (χ0v) is 9.43. The van der Waals surface area contributed by atoms with Crippen molar-refractivity contribution in [3.63, 3.8) is 0 Å². The summed E-state index contributed by atoms with van der Waals surface area (Å²) in [6.45, 7) is 10.1. The van der Waals surface area contributed by atoms with Crippen LogP contribution in [0, 0.1) is 0 Å². The maximum absolute atomic E-state index is 4.46. The molecule has 0 bridgehead atoms. The monoisotopic (exact) mass is 188 g/mol. The van der Waals surface area contributed by atoms with Gasteiger partial charge in [-0.1, -0.05) is 0 Å². The molecule has 0 saturated carbocycles. The summed E-state index contributed by atoms with van der Waals surface area (Å²) in [6, 6.07) is 0. The van der Waals surface area contributed by atoms with Gasteiger partial charge in [0.15, 0.2) is 0 Å². The van der Waals surface area contributed by atoms with Gasteiger partial charge in [-0.05, 0) is 27.8 Å². The van der Waals surface area contributed by atoms with Crippen LogP contribution in [0.5, 0.6) is 0 Å². The average Bonchev–Trinajstić information content (AvgIpc) is 1.94. The fourth-order valence-electron chi connectivity index (χ4n) is 1.60. The van der Waals surface area contributed by atoms with Crippen LogP contribution in [0.3, 0.4) is 0 Å². The van der Waals surface area contributed by atoms with Crippen molar-refractivity contribution in [3.05, 3.63) is 0 Å². The van der Waals surface area contributed by atoms with E-state index in [-0.39, 0.29) is 0 Å². The van der Waals surface area contributed by atoms with E-state index in [2.05, 4.69) is 50.2 Å². The SMILES string of the molecule is CC(S)N1CCN(C)C(C)(C)C1. The minimum absolute atomic E-state index is 0.301. The lowest BCUT2D eigenvalue weighted by atomic mass is 10.00. The van der Waals surface area contributed by atoms with Crippen molar-refractivity contribution < 1.29 is 0 Å². The molecule has 1 aliphatic heterocycles. The third-order valence-corrected chi connectivity index (χ3v) is 3.20. The summed E-state index contributed by atoms with van der Waals surface area (Å²) >= 11 is 4.46. The van der Waals surface area contributed by atoms with Gasteiger partial charge in [0.2, 0.25) is 0 Å². The summed E-state index contributed by atoms with van der Waals surface area (Å²) in [7, 11) is 2.19. The second-order valence-electron chi connectivity index (χ2n) is 4.34. The first kappa shape index (κ1) is 10.4. The third-order valence-electron chi connectivity index (χ3n) is 2.87. The smallest absolute Gasteiger partial charge is 0.0500 e. The van der Waals surface area contributed by atoms with Gasteiger partial charge in [0, 0.05) is 25.2 Å². The van der Waals surface area contributed by atoms with E-state index in [1.807, 2.05) is 0 Å². The standard InChI is InChI=1S/C9H20N2S/c1-8(12)11-6-5-10(4)9(2,3)7-11/h8,12H,5-7H2,1-4H3. The van der Waals surface area contributed by atoms with Gasteiger partial charge in [0.25, 0.3) is 0 Å². The molecule has 1 aliphatic rings. The van der Waals surface area contributed by atoms with Crippen molar-refractivity contribution in [1.29, 1.82) is 0 Å². The Morgan fingerprint density at radius 3 is 2.33 bits per heavy atom. The van der Waals surface area contributed by atoms with Crippen molar-refractivity contribution in [1.82, 2.24) is 9.80 Å². The summed E-state index contributed by atoms with van der Waals surface area (Å²) in [4.78, 5) is 4.84. The minimum atomic E-state index is 0.301. The Hall–Kier alpha value is 0.270. The fourth-order valence-corrected chi connectivity index (χ4v) is 1.79. The highest BCUT2D eigenvalue weighted by atomic mass is 32.1. The Kier molecular flexibility index (Phi) is 3.07. The predicted molar refractivity (Wildman–Crippen MR) is 56.7 cm³/mol. The van der Waals surface area contributed by atoms with Gasteiger partial charge < -0.3 is 0 Å². The number of rotatable bonds is 1. The van der Waals surface area contributed by atoms with Crippen LogP contribution in [0.25, 0.3) is 0 Å². The maximum atomic E-state index is 4.46. The Morgan fingerprint density at radius 2 is 1.92 bits per heavy atom. The highest BCUT2D eigenvalue weighted by Gasteiger charge is 2.31. The molecule has 0 radical (unpaired) electrons. The molecule has 12 heavy (non-hydrogen) atoms. The summed E-state index contributed by atoms with van der Waals surface area (Å²) in [5.74, 6) is 0. The fraction of sp³-hybridized carbons (Fsp3) is 1.00. The van der Waals surface area contributed by atoms with Crippen LogP contribution < -0.4 is 0 Å². The van der Waals surface area contributed by atoms with E-state index in [9.17, 15) is 0 Å². The first-order chi connectivity index (χ1) is 5.43. The highest BCUT2D eigenvalue weighted by Crippen LogP contribution is 2.20. The highest BCUT2D eigenvalue weighted by molar-refractivity contribution is 7.80. The molecular weight excluding hydrogens is 168 g/mol. The van der Waals surface area contributed by atoms with E-state index in [0.717, 1.165) is 19.6 Å². The topological polar surface area (TPSA) is 6.48 Å². The largest absolute Gasteiger partial charge is 0.299 e. The maximum Gasteiger partial charge on any atom is 0.0500 e. The quantitative estimate of drug-likeness (QED) is 0.620. The molecule has 1 rings (SSSR count). The number of thiol groups is 1. The van der Waals surface area contributed by atoms with E-state index in [4.69, 9.17) is 0 Å². The van der Waals surface area contributed by atoms with E-state index in [1.165, 1.54) is 0 Å². The van der Waals surface area contributed by atoms with Crippen molar-refractivity contribution in [2.45, 2.75) is 31.7 Å². The molecule has 1 unspecified atom stereocenters. The molecule has 0 aromatic rings. The van der Waals surface area contributed by atoms with Gasteiger partial charge >= 0.3 is 0 Å². The van der Waals surface area contributed by atoms with E-state index in [1.54, 1.807) is 0 Å². The van der Waals surface area contributed by atoms with Gasteiger partial charge in [0.05, 0.1) is 5.37 Å².